The van der Waals surface area contributed by atoms with E-state index in [1.807, 2.05) is 6.07 Å². The number of rotatable bonds is 5. The predicted molar refractivity (Wildman–Crippen MR) is 67.8 cm³/mol. The van der Waals surface area contributed by atoms with Crippen molar-refractivity contribution in [3.05, 3.63) is 23.8 Å². The molecule has 0 saturated carbocycles. The van der Waals surface area contributed by atoms with Crippen LogP contribution in [0.1, 0.15) is 30.6 Å². The van der Waals surface area contributed by atoms with Crippen molar-refractivity contribution in [2.45, 2.75) is 25.2 Å². The van der Waals surface area contributed by atoms with Crippen molar-refractivity contribution in [3.8, 4) is 0 Å². The molecule has 1 aromatic carbocycles. The van der Waals surface area contributed by atoms with Gasteiger partial charge in [0.05, 0.1) is 12.2 Å². The quantitative estimate of drug-likeness (QED) is 0.487. The van der Waals surface area contributed by atoms with Crippen molar-refractivity contribution in [1.82, 2.24) is 0 Å². The smallest absolute Gasteiger partial charge is 0.338 e. The van der Waals surface area contributed by atoms with Gasteiger partial charge in [-0.25, -0.2) is 4.79 Å². The van der Waals surface area contributed by atoms with Crippen LogP contribution in [0.5, 0.6) is 0 Å². The summed E-state index contributed by atoms with van der Waals surface area (Å²) in [6.07, 6.45) is 1.10. The molecule has 0 aromatic heterocycles. The van der Waals surface area contributed by atoms with Gasteiger partial charge in [0, 0.05) is 10.6 Å². The molecule has 0 bridgehead atoms. The van der Waals surface area contributed by atoms with E-state index < -0.39 is 0 Å². The summed E-state index contributed by atoms with van der Waals surface area (Å²) in [4.78, 5) is 12.5. The Labute approximate surface area is 100 Å². The van der Waals surface area contributed by atoms with Crippen molar-refractivity contribution in [1.29, 1.82) is 0 Å². The van der Waals surface area contributed by atoms with E-state index >= 15 is 0 Å². The SMILES string of the molecule is CCCSc1ccc(C(=O)OCC)cc1N. The average molecular weight is 239 g/mol. The third-order valence-electron chi connectivity index (χ3n) is 1.98. The summed E-state index contributed by atoms with van der Waals surface area (Å²) in [7, 11) is 0. The highest BCUT2D eigenvalue weighted by atomic mass is 32.2. The van der Waals surface area contributed by atoms with Crippen molar-refractivity contribution < 1.29 is 9.53 Å². The summed E-state index contributed by atoms with van der Waals surface area (Å²) in [6.45, 7) is 4.29. The minimum atomic E-state index is -0.318. The maximum atomic E-state index is 11.4. The zero-order valence-corrected chi connectivity index (χ0v) is 10.5. The van der Waals surface area contributed by atoms with Crippen molar-refractivity contribution in [3.63, 3.8) is 0 Å². The number of anilines is 1. The molecule has 4 heteroatoms. The zero-order valence-electron chi connectivity index (χ0n) is 9.66. The number of esters is 1. The largest absolute Gasteiger partial charge is 0.462 e. The van der Waals surface area contributed by atoms with Crippen LogP contribution in [-0.2, 0) is 4.74 Å². The Morgan fingerprint density at radius 2 is 2.19 bits per heavy atom. The Morgan fingerprint density at radius 3 is 2.75 bits per heavy atom. The standard InChI is InChI=1S/C12H17NO2S/c1-3-7-16-11-6-5-9(8-10(11)13)12(14)15-4-2/h5-6,8H,3-4,7,13H2,1-2H3. The van der Waals surface area contributed by atoms with Gasteiger partial charge in [-0.15, -0.1) is 11.8 Å². The van der Waals surface area contributed by atoms with Gasteiger partial charge in [0.25, 0.3) is 0 Å². The third-order valence-corrected chi connectivity index (χ3v) is 3.28. The number of thioether (sulfide) groups is 1. The molecule has 0 radical (unpaired) electrons. The minimum absolute atomic E-state index is 0.318. The lowest BCUT2D eigenvalue weighted by molar-refractivity contribution is 0.0526. The van der Waals surface area contributed by atoms with Crippen LogP contribution in [0.2, 0.25) is 0 Å². The molecule has 0 aliphatic carbocycles. The number of hydrogen-bond acceptors (Lipinski definition) is 4. The summed E-state index contributed by atoms with van der Waals surface area (Å²) in [5.41, 5.74) is 7.02. The molecule has 0 heterocycles. The Kier molecular flexibility index (Phi) is 5.19. The lowest BCUT2D eigenvalue weighted by Gasteiger charge is -2.07. The molecule has 88 valence electrons. The number of nitrogen functional groups attached to an aromatic ring is 1. The van der Waals surface area contributed by atoms with Gasteiger partial charge in [-0.05, 0) is 37.3 Å². The average Bonchev–Trinajstić information content (AvgIpc) is 2.27. The fourth-order valence-electron chi connectivity index (χ4n) is 1.23. The molecule has 0 fully saturated rings. The van der Waals surface area contributed by atoms with Crippen LogP contribution in [0, 0.1) is 0 Å². The highest BCUT2D eigenvalue weighted by Crippen LogP contribution is 2.26. The monoisotopic (exact) mass is 239 g/mol. The first kappa shape index (κ1) is 12.9. The van der Waals surface area contributed by atoms with Gasteiger partial charge in [-0.3, -0.25) is 0 Å². The number of carbonyl (C=O) groups is 1. The van der Waals surface area contributed by atoms with Crippen LogP contribution in [-0.4, -0.2) is 18.3 Å². The van der Waals surface area contributed by atoms with Gasteiger partial charge in [0.2, 0.25) is 0 Å². The second kappa shape index (κ2) is 6.43. The molecule has 1 rings (SSSR count). The normalized spacial score (nSPS) is 10.1. The van der Waals surface area contributed by atoms with Gasteiger partial charge in [-0.2, -0.15) is 0 Å². The van der Waals surface area contributed by atoms with Gasteiger partial charge in [0.15, 0.2) is 0 Å². The van der Waals surface area contributed by atoms with Crippen LogP contribution in [0.4, 0.5) is 5.69 Å². The molecular weight excluding hydrogens is 222 g/mol. The Morgan fingerprint density at radius 1 is 1.44 bits per heavy atom. The molecule has 0 atom stereocenters. The van der Waals surface area contributed by atoms with Gasteiger partial charge >= 0.3 is 5.97 Å². The fourth-order valence-corrected chi connectivity index (χ4v) is 2.05. The van der Waals surface area contributed by atoms with Gasteiger partial charge in [0.1, 0.15) is 0 Å². The zero-order chi connectivity index (χ0) is 12.0. The molecule has 16 heavy (non-hydrogen) atoms. The summed E-state index contributed by atoms with van der Waals surface area (Å²) in [5, 5.41) is 0. The maximum absolute atomic E-state index is 11.4. The molecule has 0 unspecified atom stereocenters. The van der Waals surface area contributed by atoms with Crippen LogP contribution >= 0.6 is 11.8 Å². The second-order valence-electron chi connectivity index (χ2n) is 3.32. The maximum Gasteiger partial charge on any atom is 0.338 e. The van der Waals surface area contributed by atoms with E-state index in [1.165, 1.54) is 0 Å². The van der Waals surface area contributed by atoms with Crippen LogP contribution in [0.15, 0.2) is 23.1 Å². The first-order valence-corrected chi connectivity index (χ1v) is 6.37. The number of carbonyl (C=O) groups excluding carboxylic acids is 1. The molecule has 0 aliphatic heterocycles. The number of hydrogen-bond donors (Lipinski definition) is 1. The van der Waals surface area contributed by atoms with E-state index in [4.69, 9.17) is 10.5 Å². The summed E-state index contributed by atoms with van der Waals surface area (Å²) in [5.74, 6) is 0.712. The summed E-state index contributed by atoms with van der Waals surface area (Å²) >= 11 is 1.70. The van der Waals surface area contributed by atoms with E-state index in [1.54, 1.807) is 30.8 Å². The van der Waals surface area contributed by atoms with Crippen LogP contribution in [0.3, 0.4) is 0 Å². The molecule has 0 saturated heterocycles. The molecule has 0 aliphatic rings. The number of benzene rings is 1. The van der Waals surface area contributed by atoms with E-state index in [0.29, 0.717) is 17.9 Å². The number of nitrogens with two attached hydrogens (primary N) is 1. The molecule has 0 spiro atoms. The van der Waals surface area contributed by atoms with E-state index in [2.05, 4.69) is 6.92 Å². The summed E-state index contributed by atoms with van der Waals surface area (Å²) < 4.78 is 4.90. The first-order valence-electron chi connectivity index (χ1n) is 5.38. The predicted octanol–water partition coefficient (Wildman–Crippen LogP) is 2.95. The first-order chi connectivity index (χ1) is 7.69. The summed E-state index contributed by atoms with van der Waals surface area (Å²) in [6, 6.07) is 5.31. The molecular formula is C12H17NO2S. The highest BCUT2D eigenvalue weighted by Gasteiger charge is 2.08. The topological polar surface area (TPSA) is 52.3 Å². The van der Waals surface area contributed by atoms with E-state index in [9.17, 15) is 4.79 Å². The fraction of sp³-hybridized carbons (Fsp3) is 0.417. The van der Waals surface area contributed by atoms with E-state index in [0.717, 1.165) is 17.1 Å². The lowest BCUT2D eigenvalue weighted by atomic mass is 10.2. The number of ether oxygens (including phenoxy) is 1. The van der Waals surface area contributed by atoms with Crippen molar-refractivity contribution in [2.75, 3.05) is 18.1 Å². The van der Waals surface area contributed by atoms with Crippen molar-refractivity contribution >= 4 is 23.4 Å². The second-order valence-corrected chi connectivity index (χ2v) is 4.46. The Hall–Kier alpha value is -1.16. The van der Waals surface area contributed by atoms with E-state index in [-0.39, 0.29) is 5.97 Å². The molecule has 3 nitrogen and oxygen atoms in total. The highest BCUT2D eigenvalue weighted by molar-refractivity contribution is 7.99. The van der Waals surface area contributed by atoms with Gasteiger partial charge in [-0.1, -0.05) is 6.92 Å². The van der Waals surface area contributed by atoms with Crippen molar-refractivity contribution in [2.24, 2.45) is 0 Å². The van der Waals surface area contributed by atoms with Gasteiger partial charge < -0.3 is 10.5 Å². The van der Waals surface area contributed by atoms with Crippen LogP contribution < -0.4 is 5.73 Å². The van der Waals surface area contributed by atoms with Crippen LogP contribution in [0.25, 0.3) is 0 Å². The molecule has 2 N–H and O–H groups in total. The minimum Gasteiger partial charge on any atom is -0.462 e. The Balaban J connectivity index is 2.78. The molecule has 1 aromatic rings. The Bertz CT molecular complexity index is 366. The third kappa shape index (κ3) is 3.45. The molecule has 0 amide bonds. The lowest BCUT2D eigenvalue weighted by Crippen LogP contribution is -2.05.